The molecule has 184 valence electrons. The summed E-state index contributed by atoms with van der Waals surface area (Å²) in [4.78, 5) is 55.8. The Hall–Kier alpha value is -3.48. The van der Waals surface area contributed by atoms with Crippen LogP contribution in [0.1, 0.15) is 59.9 Å². The number of fused-ring (bicyclic) bond motifs is 1. The van der Waals surface area contributed by atoms with E-state index in [2.05, 4.69) is 12.2 Å². The number of benzene rings is 2. The highest BCUT2D eigenvalue weighted by Gasteiger charge is 2.52. The normalized spacial score (nSPS) is 20.2. The van der Waals surface area contributed by atoms with Crippen LogP contribution in [-0.2, 0) is 16.0 Å². The van der Waals surface area contributed by atoms with Gasteiger partial charge in [0.25, 0.3) is 11.8 Å². The second kappa shape index (κ2) is 10.4. The van der Waals surface area contributed by atoms with Crippen molar-refractivity contribution in [2.45, 2.75) is 58.2 Å². The molecule has 7 nitrogen and oxygen atoms in total. The summed E-state index contributed by atoms with van der Waals surface area (Å²) >= 11 is 0. The molecule has 35 heavy (non-hydrogen) atoms. The molecule has 4 rings (SSSR count). The van der Waals surface area contributed by atoms with Crippen LogP contribution in [0.5, 0.6) is 0 Å². The average molecular weight is 476 g/mol. The Balaban J connectivity index is 1.50. The predicted octanol–water partition coefficient (Wildman–Crippen LogP) is 3.09. The van der Waals surface area contributed by atoms with Gasteiger partial charge in [0, 0.05) is 17.7 Å². The lowest BCUT2D eigenvalue weighted by Gasteiger charge is -2.29. The van der Waals surface area contributed by atoms with Crippen LogP contribution >= 0.6 is 0 Å². The van der Waals surface area contributed by atoms with E-state index in [-0.39, 0.29) is 42.0 Å². The lowest BCUT2D eigenvalue weighted by Crippen LogP contribution is -2.53. The third-order valence-electron chi connectivity index (χ3n) is 6.92. The van der Waals surface area contributed by atoms with Crippen LogP contribution in [0, 0.1) is 5.92 Å². The zero-order valence-corrected chi connectivity index (χ0v) is 20.6. The summed E-state index contributed by atoms with van der Waals surface area (Å²) in [7, 11) is 0. The minimum Gasteiger partial charge on any atom is -0.340 e. The molecule has 2 aliphatic heterocycles. The topological polar surface area (TPSA) is 86.8 Å². The summed E-state index contributed by atoms with van der Waals surface area (Å²) in [5, 5.41) is 2.91. The molecule has 2 aliphatic rings. The van der Waals surface area contributed by atoms with Crippen LogP contribution in [0.4, 0.5) is 0 Å². The predicted molar refractivity (Wildman–Crippen MR) is 133 cm³/mol. The highest BCUT2D eigenvalue weighted by molar-refractivity contribution is 6.03. The molecule has 0 spiro atoms. The van der Waals surface area contributed by atoms with Crippen molar-refractivity contribution in [3.63, 3.8) is 0 Å². The molecule has 0 radical (unpaired) electrons. The summed E-state index contributed by atoms with van der Waals surface area (Å²) in [6.07, 6.45) is 1.89. The van der Waals surface area contributed by atoms with E-state index in [4.69, 9.17) is 0 Å². The first-order valence-corrected chi connectivity index (χ1v) is 12.4. The number of aryl methyl sites for hydroxylation is 1. The molecule has 7 heteroatoms. The van der Waals surface area contributed by atoms with Crippen molar-refractivity contribution in [3.05, 3.63) is 71.3 Å². The number of hydrogen-bond acceptors (Lipinski definition) is 4. The number of nitrogens with zero attached hydrogens (tertiary/aromatic N) is 2. The summed E-state index contributed by atoms with van der Waals surface area (Å²) < 4.78 is 0. The molecule has 2 saturated heterocycles. The van der Waals surface area contributed by atoms with Gasteiger partial charge in [-0.15, -0.1) is 0 Å². The van der Waals surface area contributed by atoms with Crippen LogP contribution in [0.25, 0.3) is 0 Å². The lowest BCUT2D eigenvalue weighted by atomic mass is 10.0. The molecule has 1 N–H and O–H groups in total. The first-order valence-electron chi connectivity index (χ1n) is 12.4. The second-order valence-corrected chi connectivity index (χ2v) is 9.80. The number of ketones is 1. The molecule has 0 aromatic heterocycles. The number of rotatable bonds is 7. The van der Waals surface area contributed by atoms with E-state index in [1.807, 2.05) is 32.0 Å². The molecule has 1 unspecified atom stereocenters. The standard InChI is InChI=1S/C28H33N3O4/c1-4-19-10-12-20(13-11-19)26(33)29-22(16-18(2)3)28(35)30-15-14-23-25(30)24(32)17-31(23)27(34)21-8-6-5-7-9-21/h5-13,18,22-23,25H,4,14-17H2,1-3H3,(H,29,33)/t22-,23?,25-/m0/s1. The van der Waals surface area contributed by atoms with Gasteiger partial charge in [0.2, 0.25) is 5.91 Å². The quantitative estimate of drug-likeness (QED) is 0.667. The molecular formula is C28H33N3O4. The Morgan fingerprint density at radius 2 is 1.66 bits per heavy atom. The molecule has 0 bridgehead atoms. The van der Waals surface area contributed by atoms with E-state index < -0.39 is 12.1 Å². The van der Waals surface area contributed by atoms with Gasteiger partial charge in [-0.1, -0.05) is 51.1 Å². The average Bonchev–Trinajstić information content (AvgIpc) is 3.44. The molecule has 2 fully saturated rings. The van der Waals surface area contributed by atoms with Gasteiger partial charge in [-0.25, -0.2) is 0 Å². The smallest absolute Gasteiger partial charge is 0.254 e. The van der Waals surface area contributed by atoms with Gasteiger partial charge in [0.05, 0.1) is 12.6 Å². The SMILES string of the molecule is CCc1ccc(C(=O)N[C@@H](CC(C)C)C(=O)N2CCC3[C@H]2C(=O)CN3C(=O)c2ccccc2)cc1. The van der Waals surface area contributed by atoms with Gasteiger partial charge in [-0.3, -0.25) is 19.2 Å². The van der Waals surface area contributed by atoms with Crippen LogP contribution in [0.3, 0.4) is 0 Å². The highest BCUT2D eigenvalue weighted by atomic mass is 16.2. The van der Waals surface area contributed by atoms with E-state index in [1.165, 1.54) is 0 Å². The lowest BCUT2D eigenvalue weighted by molar-refractivity contribution is -0.138. The van der Waals surface area contributed by atoms with E-state index in [9.17, 15) is 19.2 Å². The fourth-order valence-corrected chi connectivity index (χ4v) is 5.11. The Morgan fingerprint density at radius 3 is 2.29 bits per heavy atom. The first-order chi connectivity index (χ1) is 16.8. The van der Waals surface area contributed by atoms with E-state index in [1.54, 1.807) is 46.2 Å². The first kappa shape index (κ1) is 24.6. The molecule has 0 saturated carbocycles. The molecule has 3 amide bonds. The largest absolute Gasteiger partial charge is 0.340 e. The summed E-state index contributed by atoms with van der Waals surface area (Å²) in [6.45, 7) is 6.42. The molecule has 2 aromatic carbocycles. The van der Waals surface area contributed by atoms with Crippen molar-refractivity contribution >= 4 is 23.5 Å². The Morgan fingerprint density at radius 1 is 0.971 bits per heavy atom. The molecule has 2 aromatic rings. The highest BCUT2D eigenvalue weighted by Crippen LogP contribution is 2.31. The maximum atomic E-state index is 13.6. The van der Waals surface area contributed by atoms with Crippen molar-refractivity contribution in [3.8, 4) is 0 Å². The second-order valence-electron chi connectivity index (χ2n) is 9.80. The minimum atomic E-state index is -0.737. The van der Waals surface area contributed by atoms with Crippen LogP contribution < -0.4 is 5.32 Å². The summed E-state index contributed by atoms with van der Waals surface area (Å²) in [6, 6.07) is 14.5. The number of Topliss-reactive ketones (excluding diaryl/α,β-unsaturated/α-hetero) is 1. The molecule has 3 atom stereocenters. The number of carbonyl (C=O) groups is 4. The monoisotopic (exact) mass is 475 g/mol. The van der Waals surface area contributed by atoms with Crippen LogP contribution in [0.15, 0.2) is 54.6 Å². The third kappa shape index (κ3) is 5.14. The molecule has 0 aliphatic carbocycles. The van der Waals surface area contributed by atoms with Crippen LogP contribution in [0.2, 0.25) is 0 Å². The molecule has 2 heterocycles. The number of likely N-dealkylation sites (tertiary alicyclic amines) is 2. The Kier molecular flexibility index (Phi) is 7.34. The third-order valence-corrected chi connectivity index (χ3v) is 6.92. The van der Waals surface area contributed by atoms with E-state index >= 15 is 0 Å². The molecular weight excluding hydrogens is 442 g/mol. The van der Waals surface area contributed by atoms with Crippen molar-refractivity contribution in [2.24, 2.45) is 5.92 Å². The Bertz CT molecular complexity index is 1100. The van der Waals surface area contributed by atoms with E-state index in [0.29, 0.717) is 30.5 Å². The van der Waals surface area contributed by atoms with Gasteiger partial charge < -0.3 is 15.1 Å². The zero-order chi connectivity index (χ0) is 25.1. The van der Waals surface area contributed by atoms with Gasteiger partial charge in [-0.2, -0.15) is 0 Å². The van der Waals surface area contributed by atoms with E-state index in [0.717, 1.165) is 12.0 Å². The van der Waals surface area contributed by atoms with Crippen molar-refractivity contribution in [2.75, 3.05) is 13.1 Å². The van der Waals surface area contributed by atoms with Gasteiger partial charge in [0.1, 0.15) is 12.1 Å². The number of carbonyl (C=O) groups excluding carboxylic acids is 4. The van der Waals surface area contributed by atoms with Gasteiger partial charge >= 0.3 is 0 Å². The van der Waals surface area contributed by atoms with Crippen LogP contribution in [-0.4, -0.2) is 64.5 Å². The maximum Gasteiger partial charge on any atom is 0.254 e. The summed E-state index contributed by atoms with van der Waals surface area (Å²) in [5.74, 6) is -0.716. The van der Waals surface area contributed by atoms with Crippen molar-refractivity contribution < 1.29 is 19.2 Å². The number of hydrogen-bond donors (Lipinski definition) is 1. The van der Waals surface area contributed by atoms with Crippen molar-refractivity contribution in [1.82, 2.24) is 15.1 Å². The van der Waals surface area contributed by atoms with Gasteiger partial charge in [0.15, 0.2) is 5.78 Å². The fourth-order valence-electron chi connectivity index (χ4n) is 5.11. The fraction of sp³-hybridized carbons (Fsp3) is 0.429. The van der Waals surface area contributed by atoms with Crippen molar-refractivity contribution in [1.29, 1.82) is 0 Å². The summed E-state index contributed by atoms with van der Waals surface area (Å²) in [5.41, 5.74) is 2.17. The number of nitrogens with one attached hydrogen (secondary N) is 1. The Labute approximate surface area is 206 Å². The zero-order valence-electron chi connectivity index (χ0n) is 20.6. The maximum absolute atomic E-state index is 13.6. The number of amides is 3. The van der Waals surface area contributed by atoms with Gasteiger partial charge in [-0.05, 0) is 55.0 Å². The minimum absolute atomic E-state index is 0.00216.